The first-order valence-corrected chi connectivity index (χ1v) is 5.10. The molecule has 1 unspecified atom stereocenters. The van der Waals surface area contributed by atoms with Gasteiger partial charge in [0.25, 0.3) is 0 Å². The van der Waals surface area contributed by atoms with Gasteiger partial charge in [-0.05, 0) is 32.9 Å². The molecule has 0 saturated carbocycles. The minimum atomic E-state index is -0.743. The summed E-state index contributed by atoms with van der Waals surface area (Å²) < 4.78 is 0. The number of aliphatic hydroxyl groups excluding tert-OH is 1. The first-order valence-electron chi connectivity index (χ1n) is 5.10. The van der Waals surface area contributed by atoms with Gasteiger partial charge in [0.2, 0.25) is 0 Å². The third-order valence-electron chi connectivity index (χ3n) is 2.21. The average Bonchev–Trinajstić information content (AvgIpc) is 2.12. The van der Waals surface area contributed by atoms with Gasteiger partial charge in [-0.25, -0.2) is 0 Å². The van der Waals surface area contributed by atoms with Gasteiger partial charge in [-0.1, -0.05) is 6.92 Å². The Morgan fingerprint density at radius 1 is 1.36 bits per heavy atom. The highest BCUT2D eigenvalue weighted by atomic mass is 16.4. The maximum atomic E-state index is 10.6. The zero-order valence-corrected chi connectivity index (χ0v) is 9.07. The van der Waals surface area contributed by atoms with Crippen LogP contribution in [0.2, 0.25) is 0 Å². The molecule has 14 heavy (non-hydrogen) atoms. The van der Waals surface area contributed by atoms with Crippen molar-refractivity contribution >= 4 is 5.97 Å². The van der Waals surface area contributed by atoms with Crippen molar-refractivity contribution in [3.8, 4) is 0 Å². The van der Waals surface area contributed by atoms with E-state index in [0.29, 0.717) is 6.54 Å². The van der Waals surface area contributed by atoms with Crippen LogP contribution in [0.25, 0.3) is 0 Å². The van der Waals surface area contributed by atoms with Gasteiger partial charge in [0.1, 0.15) is 0 Å². The van der Waals surface area contributed by atoms with E-state index >= 15 is 0 Å². The fraction of sp³-hybridized carbons (Fsp3) is 0.900. The van der Waals surface area contributed by atoms with Gasteiger partial charge in [0, 0.05) is 13.2 Å². The van der Waals surface area contributed by atoms with Gasteiger partial charge in [-0.2, -0.15) is 0 Å². The van der Waals surface area contributed by atoms with Gasteiger partial charge in [0.05, 0.1) is 5.92 Å². The second kappa shape index (κ2) is 7.76. The fourth-order valence-electron chi connectivity index (χ4n) is 1.31. The third-order valence-corrected chi connectivity index (χ3v) is 2.21. The Kier molecular flexibility index (Phi) is 7.42. The number of aliphatic carboxylic acids is 1. The zero-order chi connectivity index (χ0) is 11.0. The van der Waals surface area contributed by atoms with Crippen LogP contribution in [0.5, 0.6) is 0 Å². The SMILES string of the molecule is CC(CN(C)CCCCCO)C(=O)O. The van der Waals surface area contributed by atoms with E-state index in [1.807, 2.05) is 11.9 Å². The summed E-state index contributed by atoms with van der Waals surface area (Å²) in [5.41, 5.74) is 0. The molecule has 0 aliphatic heterocycles. The molecular formula is C10H21NO3. The summed E-state index contributed by atoms with van der Waals surface area (Å²) in [6.07, 6.45) is 2.86. The summed E-state index contributed by atoms with van der Waals surface area (Å²) in [7, 11) is 1.93. The maximum absolute atomic E-state index is 10.6. The highest BCUT2D eigenvalue weighted by Gasteiger charge is 2.12. The zero-order valence-electron chi connectivity index (χ0n) is 9.07. The molecule has 0 aliphatic rings. The topological polar surface area (TPSA) is 60.8 Å². The molecule has 0 radical (unpaired) electrons. The van der Waals surface area contributed by atoms with E-state index in [-0.39, 0.29) is 12.5 Å². The Morgan fingerprint density at radius 2 is 2.00 bits per heavy atom. The Morgan fingerprint density at radius 3 is 2.50 bits per heavy atom. The van der Waals surface area contributed by atoms with Gasteiger partial charge < -0.3 is 15.1 Å². The van der Waals surface area contributed by atoms with Gasteiger partial charge in [-0.3, -0.25) is 4.79 Å². The fourth-order valence-corrected chi connectivity index (χ4v) is 1.31. The molecule has 0 amide bonds. The molecule has 0 spiro atoms. The molecule has 0 aromatic heterocycles. The van der Waals surface area contributed by atoms with Crippen molar-refractivity contribution in [2.45, 2.75) is 26.2 Å². The summed E-state index contributed by atoms with van der Waals surface area (Å²) in [5.74, 6) is -1.05. The minimum absolute atomic E-state index is 0.245. The number of nitrogens with zero attached hydrogens (tertiary/aromatic N) is 1. The van der Waals surface area contributed by atoms with E-state index in [9.17, 15) is 4.79 Å². The number of carboxylic acids is 1. The van der Waals surface area contributed by atoms with E-state index in [2.05, 4.69) is 0 Å². The predicted octanol–water partition coefficient (Wildman–Crippen LogP) is 0.802. The van der Waals surface area contributed by atoms with Crippen LogP contribution in [0.15, 0.2) is 0 Å². The van der Waals surface area contributed by atoms with Crippen molar-refractivity contribution in [1.82, 2.24) is 4.90 Å². The monoisotopic (exact) mass is 203 g/mol. The first-order chi connectivity index (χ1) is 6.57. The van der Waals surface area contributed by atoms with Crippen molar-refractivity contribution < 1.29 is 15.0 Å². The maximum Gasteiger partial charge on any atom is 0.307 e. The van der Waals surface area contributed by atoms with Crippen molar-refractivity contribution in [3.05, 3.63) is 0 Å². The molecule has 0 bridgehead atoms. The standard InChI is InChI=1S/C10H21NO3/c1-9(10(13)14)8-11(2)6-4-3-5-7-12/h9,12H,3-8H2,1-2H3,(H,13,14). The van der Waals surface area contributed by atoms with Crippen molar-refractivity contribution in [1.29, 1.82) is 0 Å². The van der Waals surface area contributed by atoms with Crippen LogP contribution in [0.4, 0.5) is 0 Å². The summed E-state index contributed by atoms with van der Waals surface area (Å²) in [4.78, 5) is 12.6. The number of hydrogen-bond acceptors (Lipinski definition) is 3. The van der Waals surface area contributed by atoms with Crippen LogP contribution in [-0.4, -0.2) is 47.8 Å². The van der Waals surface area contributed by atoms with E-state index in [1.165, 1.54) is 0 Å². The summed E-state index contributed by atoms with van der Waals surface area (Å²) in [6.45, 7) is 3.45. The van der Waals surface area contributed by atoms with Crippen LogP contribution in [0.3, 0.4) is 0 Å². The number of aliphatic hydroxyl groups is 1. The summed E-state index contributed by atoms with van der Waals surface area (Å²) in [5, 5.41) is 17.2. The molecule has 0 aliphatic carbocycles. The molecule has 0 fully saturated rings. The number of carbonyl (C=O) groups is 1. The molecule has 4 heteroatoms. The minimum Gasteiger partial charge on any atom is -0.481 e. The van der Waals surface area contributed by atoms with Crippen LogP contribution < -0.4 is 0 Å². The van der Waals surface area contributed by atoms with E-state index in [0.717, 1.165) is 25.8 Å². The lowest BCUT2D eigenvalue weighted by molar-refractivity contribution is -0.141. The van der Waals surface area contributed by atoms with Crippen LogP contribution in [-0.2, 0) is 4.79 Å². The Labute approximate surface area is 85.5 Å². The van der Waals surface area contributed by atoms with Crippen LogP contribution in [0, 0.1) is 5.92 Å². The lowest BCUT2D eigenvalue weighted by Crippen LogP contribution is -2.29. The lowest BCUT2D eigenvalue weighted by atomic mass is 10.1. The highest BCUT2D eigenvalue weighted by molar-refractivity contribution is 5.69. The quantitative estimate of drug-likeness (QED) is 0.573. The Balaban J connectivity index is 3.45. The van der Waals surface area contributed by atoms with Crippen molar-refractivity contribution in [3.63, 3.8) is 0 Å². The molecular weight excluding hydrogens is 182 g/mol. The second-order valence-electron chi connectivity index (χ2n) is 3.79. The molecule has 2 N–H and O–H groups in total. The Bertz CT molecular complexity index is 161. The van der Waals surface area contributed by atoms with Crippen LogP contribution in [0.1, 0.15) is 26.2 Å². The molecule has 1 atom stereocenters. The molecule has 0 aromatic carbocycles. The first kappa shape index (κ1) is 13.4. The van der Waals surface area contributed by atoms with Gasteiger partial charge in [-0.15, -0.1) is 0 Å². The average molecular weight is 203 g/mol. The second-order valence-corrected chi connectivity index (χ2v) is 3.79. The summed E-state index contributed by atoms with van der Waals surface area (Å²) in [6, 6.07) is 0. The normalized spacial score (nSPS) is 13.1. The van der Waals surface area contributed by atoms with E-state index in [1.54, 1.807) is 6.92 Å². The lowest BCUT2D eigenvalue weighted by Gasteiger charge is -2.18. The molecule has 0 saturated heterocycles. The Hall–Kier alpha value is -0.610. The van der Waals surface area contributed by atoms with Gasteiger partial charge in [0.15, 0.2) is 0 Å². The largest absolute Gasteiger partial charge is 0.481 e. The van der Waals surface area contributed by atoms with E-state index in [4.69, 9.17) is 10.2 Å². The van der Waals surface area contributed by atoms with Crippen LogP contribution >= 0.6 is 0 Å². The van der Waals surface area contributed by atoms with Crippen molar-refractivity contribution in [2.24, 2.45) is 5.92 Å². The van der Waals surface area contributed by atoms with E-state index < -0.39 is 5.97 Å². The molecule has 0 rings (SSSR count). The molecule has 0 heterocycles. The number of rotatable bonds is 8. The number of carboxylic acid groups (broad SMARTS) is 1. The van der Waals surface area contributed by atoms with Crippen molar-refractivity contribution in [2.75, 3.05) is 26.7 Å². The number of hydrogen-bond donors (Lipinski definition) is 2. The third kappa shape index (κ3) is 6.86. The van der Waals surface area contributed by atoms with Gasteiger partial charge >= 0.3 is 5.97 Å². The molecule has 0 aromatic rings. The summed E-state index contributed by atoms with van der Waals surface area (Å²) >= 11 is 0. The molecule has 4 nitrogen and oxygen atoms in total. The predicted molar refractivity (Wildman–Crippen MR) is 55.2 cm³/mol. The molecule has 84 valence electrons. The smallest absolute Gasteiger partial charge is 0.307 e. The number of unbranched alkanes of at least 4 members (excludes halogenated alkanes) is 2. The highest BCUT2D eigenvalue weighted by Crippen LogP contribution is 2.01.